The Bertz CT molecular complexity index is 1050. The molecule has 6 heteroatoms. The zero-order valence-corrected chi connectivity index (χ0v) is 19.5. The lowest BCUT2D eigenvalue weighted by molar-refractivity contribution is -0.121. The van der Waals surface area contributed by atoms with Crippen LogP contribution in [0.2, 0.25) is 0 Å². The van der Waals surface area contributed by atoms with Crippen molar-refractivity contribution in [3.63, 3.8) is 0 Å². The highest BCUT2D eigenvalue weighted by molar-refractivity contribution is 5.95. The van der Waals surface area contributed by atoms with E-state index in [9.17, 15) is 9.59 Å². The van der Waals surface area contributed by atoms with E-state index in [2.05, 4.69) is 46.1 Å². The minimum Gasteiger partial charge on any atom is -0.494 e. The molecule has 3 aromatic carbocycles. The Hall–Kier alpha value is -3.38. The monoisotopic (exact) mass is 447 g/mol. The third-order valence-corrected chi connectivity index (χ3v) is 5.38. The molecule has 2 N–H and O–H groups in total. The van der Waals surface area contributed by atoms with E-state index in [0.717, 1.165) is 38.0 Å². The van der Waals surface area contributed by atoms with Gasteiger partial charge in [-0.25, -0.2) is 0 Å². The Labute approximate surface area is 195 Å². The topological polar surface area (TPSA) is 70.7 Å². The SMILES string of the molecule is CN(C)CCCOc1ccc(C(=O)NNC(=O)CCCCc2ccc3ccccc3c2)cc1. The molecule has 0 aliphatic heterocycles. The van der Waals surface area contributed by atoms with E-state index in [-0.39, 0.29) is 11.8 Å². The van der Waals surface area contributed by atoms with Crippen LogP contribution in [0.4, 0.5) is 0 Å². The van der Waals surface area contributed by atoms with Crippen LogP contribution in [0.1, 0.15) is 41.6 Å². The fourth-order valence-corrected chi connectivity index (χ4v) is 3.54. The van der Waals surface area contributed by atoms with E-state index in [1.807, 2.05) is 26.2 Å². The maximum absolute atomic E-state index is 12.2. The summed E-state index contributed by atoms with van der Waals surface area (Å²) in [5.41, 5.74) is 6.71. The molecular formula is C27H33N3O3. The summed E-state index contributed by atoms with van der Waals surface area (Å²) in [5.74, 6) is 0.183. The molecule has 0 saturated heterocycles. The van der Waals surface area contributed by atoms with Gasteiger partial charge in [-0.1, -0.05) is 42.5 Å². The number of benzene rings is 3. The highest BCUT2D eigenvalue weighted by Gasteiger charge is 2.08. The average molecular weight is 448 g/mol. The zero-order chi connectivity index (χ0) is 23.5. The van der Waals surface area contributed by atoms with Gasteiger partial charge in [0, 0.05) is 18.5 Å². The number of hydrogen-bond acceptors (Lipinski definition) is 4. The molecule has 0 unspecified atom stereocenters. The second-order valence-corrected chi connectivity index (χ2v) is 8.42. The first-order valence-electron chi connectivity index (χ1n) is 11.5. The van der Waals surface area contributed by atoms with Gasteiger partial charge in [0.15, 0.2) is 0 Å². The van der Waals surface area contributed by atoms with Crippen molar-refractivity contribution in [1.29, 1.82) is 0 Å². The molecular weight excluding hydrogens is 414 g/mol. The molecule has 0 aliphatic carbocycles. The number of nitrogens with one attached hydrogen (secondary N) is 2. The van der Waals surface area contributed by atoms with Gasteiger partial charge in [0.25, 0.3) is 5.91 Å². The van der Waals surface area contributed by atoms with Crippen molar-refractivity contribution in [3.05, 3.63) is 77.9 Å². The number of amides is 2. The number of nitrogens with zero attached hydrogens (tertiary/aromatic N) is 1. The molecule has 0 aliphatic rings. The van der Waals surface area contributed by atoms with Crippen molar-refractivity contribution in [3.8, 4) is 5.75 Å². The van der Waals surface area contributed by atoms with Gasteiger partial charge in [0.05, 0.1) is 6.61 Å². The van der Waals surface area contributed by atoms with Gasteiger partial charge < -0.3 is 9.64 Å². The molecule has 0 heterocycles. The summed E-state index contributed by atoms with van der Waals surface area (Å²) in [7, 11) is 4.05. The van der Waals surface area contributed by atoms with Crippen LogP contribution in [0, 0.1) is 0 Å². The molecule has 0 bridgehead atoms. The van der Waals surface area contributed by atoms with Crippen LogP contribution in [0.5, 0.6) is 5.75 Å². The fraction of sp³-hybridized carbons (Fsp3) is 0.333. The van der Waals surface area contributed by atoms with Crippen LogP contribution in [0.15, 0.2) is 66.7 Å². The third kappa shape index (κ3) is 8.24. The molecule has 6 nitrogen and oxygen atoms in total. The molecule has 2 amide bonds. The lowest BCUT2D eigenvalue weighted by Crippen LogP contribution is -2.41. The van der Waals surface area contributed by atoms with Crippen molar-refractivity contribution >= 4 is 22.6 Å². The molecule has 3 aromatic rings. The van der Waals surface area contributed by atoms with Crippen LogP contribution in [0.3, 0.4) is 0 Å². The standard InChI is InChI=1S/C27H33N3O3/c1-30(2)18-7-19-33-25-16-14-23(15-17-25)27(32)29-28-26(31)11-6-3-8-21-12-13-22-9-4-5-10-24(22)20-21/h4-5,9-10,12-17,20H,3,6-8,11,18-19H2,1-2H3,(H,28,31)(H,29,32). The molecule has 0 atom stereocenters. The van der Waals surface area contributed by atoms with E-state index in [0.29, 0.717) is 18.6 Å². The highest BCUT2D eigenvalue weighted by Crippen LogP contribution is 2.17. The van der Waals surface area contributed by atoms with E-state index in [1.54, 1.807) is 24.3 Å². The number of unbranched alkanes of at least 4 members (excludes halogenated alkanes) is 1. The number of rotatable bonds is 11. The Kier molecular flexibility index (Phi) is 9.27. The Morgan fingerprint density at radius 1 is 0.848 bits per heavy atom. The summed E-state index contributed by atoms with van der Waals surface area (Å²) in [6.07, 6.45) is 3.90. The second kappa shape index (κ2) is 12.6. The molecule has 0 saturated carbocycles. The van der Waals surface area contributed by atoms with E-state index in [4.69, 9.17) is 4.74 Å². The molecule has 33 heavy (non-hydrogen) atoms. The second-order valence-electron chi connectivity index (χ2n) is 8.42. The van der Waals surface area contributed by atoms with Crippen LogP contribution in [-0.4, -0.2) is 44.0 Å². The van der Waals surface area contributed by atoms with Crippen molar-refractivity contribution in [1.82, 2.24) is 15.8 Å². The fourth-order valence-electron chi connectivity index (χ4n) is 3.54. The number of hydrogen-bond donors (Lipinski definition) is 2. The summed E-state index contributed by atoms with van der Waals surface area (Å²) in [4.78, 5) is 26.4. The van der Waals surface area contributed by atoms with E-state index < -0.39 is 0 Å². The van der Waals surface area contributed by atoms with Gasteiger partial charge in [-0.05, 0) is 80.4 Å². The van der Waals surface area contributed by atoms with Crippen molar-refractivity contribution in [2.45, 2.75) is 32.1 Å². The Balaban J connectivity index is 1.32. The van der Waals surface area contributed by atoms with Crippen LogP contribution >= 0.6 is 0 Å². The molecule has 0 aromatic heterocycles. The average Bonchev–Trinajstić information content (AvgIpc) is 2.83. The predicted octanol–water partition coefficient (Wildman–Crippen LogP) is 4.34. The van der Waals surface area contributed by atoms with E-state index >= 15 is 0 Å². The molecule has 0 spiro atoms. The lowest BCUT2D eigenvalue weighted by atomic mass is 10.0. The number of carbonyl (C=O) groups is 2. The van der Waals surface area contributed by atoms with E-state index in [1.165, 1.54) is 16.3 Å². The molecule has 174 valence electrons. The number of carbonyl (C=O) groups excluding carboxylic acids is 2. The molecule has 0 radical (unpaired) electrons. The van der Waals surface area contributed by atoms with Gasteiger partial charge in [0.1, 0.15) is 5.75 Å². The van der Waals surface area contributed by atoms with Gasteiger partial charge in [-0.3, -0.25) is 20.4 Å². The summed E-state index contributed by atoms with van der Waals surface area (Å²) in [6, 6.07) is 21.7. The Morgan fingerprint density at radius 3 is 2.36 bits per heavy atom. The zero-order valence-electron chi connectivity index (χ0n) is 19.5. The first kappa shape index (κ1) is 24.3. The van der Waals surface area contributed by atoms with Gasteiger partial charge in [-0.15, -0.1) is 0 Å². The number of fused-ring (bicyclic) bond motifs is 1. The molecule has 3 rings (SSSR count). The van der Waals surface area contributed by atoms with Gasteiger partial charge in [0.2, 0.25) is 5.91 Å². The molecule has 0 fully saturated rings. The predicted molar refractivity (Wildman–Crippen MR) is 132 cm³/mol. The first-order valence-corrected chi connectivity index (χ1v) is 11.5. The van der Waals surface area contributed by atoms with Crippen molar-refractivity contribution in [2.24, 2.45) is 0 Å². The smallest absolute Gasteiger partial charge is 0.269 e. The number of hydrazine groups is 1. The quantitative estimate of drug-likeness (QED) is 0.339. The number of aryl methyl sites for hydroxylation is 1. The lowest BCUT2D eigenvalue weighted by Gasteiger charge is -2.11. The summed E-state index contributed by atoms with van der Waals surface area (Å²) in [5, 5.41) is 2.47. The van der Waals surface area contributed by atoms with Crippen molar-refractivity contribution in [2.75, 3.05) is 27.2 Å². The summed E-state index contributed by atoms with van der Waals surface area (Å²) in [6.45, 7) is 1.59. The summed E-state index contributed by atoms with van der Waals surface area (Å²) < 4.78 is 5.67. The first-order chi connectivity index (χ1) is 16.0. The highest BCUT2D eigenvalue weighted by atomic mass is 16.5. The minimum atomic E-state index is -0.348. The van der Waals surface area contributed by atoms with Crippen LogP contribution in [0.25, 0.3) is 10.8 Å². The maximum atomic E-state index is 12.2. The van der Waals surface area contributed by atoms with Crippen LogP contribution in [-0.2, 0) is 11.2 Å². The van der Waals surface area contributed by atoms with Crippen molar-refractivity contribution < 1.29 is 14.3 Å². The van der Waals surface area contributed by atoms with Gasteiger partial charge >= 0.3 is 0 Å². The van der Waals surface area contributed by atoms with Crippen LogP contribution < -0.4 is 15.6 Å². The maximum Gasteiger partial charge on any atom is 0.269 e. The Morgan fingerprint density at radius 2 is 1.61 bits per heavy atom. The normalized spacial score (nSPS) is 10.9. The minimum absolute atomic E-state index is 0.192. The number of ether oxygens (including phenoxy) is 1. The summed E-state index contributed by atoms with van der Waals surface area (Å²) >= 11 is 0. The van der Waals surface area contributed by atoms with Gasteiger partial charge in [-0.2, -0.15) is 0 Å². The third-order valence-electron chi connectivity index (χ3n) is 5.38. The largest absolute Gasteiger partial charge is 0.494 e.